The number of benzene rings is 1. The summed E-state index contributed by atoms with van der Waals surface area (Å²) >= 11 is 0. The third-order valence-electron chi connectivity index (χ3n) is 3.52. The molecule has 1 N–H and O–H groups in total. The quantitative estimate of drug-likeness (QED) is 0.785. The summed E-state index contributed by atoms with van der Waals surface area (Å²) < 4.78 is 71.1. The SMILES string of the molecule is COc1ccc(C)cc1S(=O)(=O)NCCn1nc(C(F)(F)F)n(C)c1=O. The summed E-state index contributed by atoms with van der Waals surface area (Å²) in [7, 11) is -1.73. The molecule has 0 saturated carbocycles. The molecule has 0 saturated heterocycles. The predicted octanol–water partition coefficient (Wildman–Crippen LogP) is 0.896. The summed E-state index contributed by atoms with van der Waals surface area (Å²) in [5.41, 5.74) is -0.313. The Kier molecular flexibility index (Phi) is 5.47. The molecule has 0 radical (unpaired) electrons. The molecule has 26 heavy (non-hydrogen) atoms. The van der Waals surface area contributed by atoms with Crippen molar-refractivity contribution in [3.63, 3.8) is 0 Å². The number of hydrogen-bond donors (Lipinski definition) is 1. The molecule has 0 spiro atoms. The summed E-state index contributed by atoms with van der Waals surface area (Å²) in [6.45, 7) is 1.01. The van der Waals surface area contributed by atoms with Gasteiger partial charge < -0.3 is 4.74 Å². The molecule has 0 fully saturated rings. The lowest BCUT2D eigenvalue weighted by atomic mass is 10.2. The van der Waals surface area contributed by atoms with E-state index in [1.165, 1.54) is 19.2 Å². The highest BCUT2D eigenvalue weighted by Gasteiger charge is 2.38. The minimum absolute atomic E-state index is 0.107. The zero-order valence-electron chi connectivity index (χ0n) is 14.2. The molecule has 2 aromatic rings. The van der Waals surface area contributed by atoms with Gasteiger partial charge in [0.05, 0.1) is 13.7 Å². The van der Waals surface area contributed by atoms with Gasteiger partial charge in [-0.1, -0.05) is 6.07 Å². The molecule has 0 aliphatic rings. The Hall–Kier alpha value is -2.34. The fourth-order valence-electron chi connectivity index (χ4n) is 2.24. The van der Waals surface area contributed by atoms with E-state index in [-0.39, 0.29) is 23.7 Å². The van der Waals surface area contributed by atoms with Crippen LogP contribution in [0.5, 0.6) is 5.75 Å². The minimum atomic E-state index is -4.78. The molecule has 12 heteroatoms. The molecule has 1 aromatic heterocycles. The van der Waals surface area contributed by atoms with Gasteiger partial charge in [-0.2, -0.15) is 13.2 Å². The van der Waals surface area contributed by atoms with Crippen LogP contribution >= 0.6 is 0 Å². The van der Waals surface area contributed by atoms with Crippen LogP contribution in [-0.2, 0) is 29.8 Å². The van der Waals surface area contributed by atoms with E-state index in [0.29, 0.717) is 14.8 Å². The predicted molar refractivity (Wildman–Crippen MR) is 85.4 cm³/mol. The number of ether oxygens (including phenoxy) is 1. The number of methoxy groups -OCH3 is 1. The summed E-state index contributed by atoms with van der Waals surface area (Å²) in [6, 6.07) is 4.56. The van der Waals surface area contributed by atoms with Crippen molar-refractivity contribution in [2.24, 2.45) is 7.05 Å². The number of nitrogens with zero attached hydrogens (tertiary/aromatic N) is 3. The van der Waals surface area contributed by atoms with Crippen LogP contribution in [0, 0.1) is 6.92 Å². The lowest BCUT2D eigenvalue weighted by Gasteiger charge is -2.11. The highest BCUT2D eigenvalue weighted by molar-refractivity contribution is 7.89. The third kappa shape index (κ3) is 4.07. The maximum Gasteiger partial charge on any atom is 0.451 e. The van der Waals surface area contributed by atoms with Gasteiger partial charge >= 0.3 is 11.9 Å². The number of aryl methyl sites for hydroxylation is 1. The Morgan fingerprint density at radius 2 is 1.96 bits per heavy atom. The van der Waals surface area contributed by atoms with Gasteiger partial charge in [0.15, 0.2) is 0 Å². The van der Waals surface area contributed by atoms with Crippen LogP contribution in [-0.4, -0.2) is 36.4 Å². The van der Waals surface area contributed by atoms with Gasteiger partial charge in [-0.25, -0.2) is 22.6 Å². The van der Waals surface area contributed by atoms with Gasteiger partial charge in [-0.3, -0.25) is 4.57 Å². The van der Waals surface area contributed by atoms with Crippen molar-refractivity contribution >= 4 is 10.0 Å². The van der Waals surface area contributed by atoms with Gasteiger partial charge in [-0.05, 0) is 24.6 Å². The fourth-order valence-corrected chi connectivity index (χ4v) is 3.51. The van der Waals surface area contributed by atoms with Crippen molar-refractivity contribution in [3.05, 3.63) is 40.1 Å². The molecular formula is C14H17F3N4O4S. The van der Waals surface area contributed by atoms with E-state index >= 15 is 0 Å². The van der Waals surface area contributed by atoms with Crippen LogP contribution in [0.25, 0.3) is 0 Å². The molecule has 8 nitrogen and oxygen atoms in total. The first-order valence-corrected chi connectivity index (χ1v) is 8.81. The van der Waals surface area contributed by atoms with Gasteiger partial charge in [0, 0.05) is 13.6 Å². The second-order valence-electron chi connectivity index (χ2n) is 5.44. The van der Waals surface area contributed by atoms with E-state index in [1.807, 2.05) is 0 Å². The molecule has 0 atom stereocenters. The molecule has 0 bridgehead atoms. The Morgan fingerprint density at radius 1 is 1.31 bits per heavy atom. The smallest absolute Gasteiger partial charge is 0.451 e. The highest BCUT2D eigenvalue weighted by Crippen LogP contribution is 2.26. The number of sulfonamides is 1. The van der Waals surface area contributed by atoms with E-state index in [0.717, 1.165) is 7.05 Å². The molecule has 0 unspecified atom stereocenters. The first-order chi connectivity index (χ1) is 12.0. The topological polar surface area (TPSA) is 95.2 Å². The average Bonchev–Trinajstić information content (AvgIpc) is 2.83. The van der Waals surface area contributed by atoms with Crippen LogP contribution in [0.3, 0.4) is 0 Å². The normalized spacial score (nSPS) is 12.4. The number of halogens is 3. The monoisotopic (exact) mass is 394 g/mol. The van der Waals surface area contributed by atoms with Crippen molar-refractivity contribution in [1.29, 1.82) is 0 Å². The van der Waals surface area contributed by atoms with Gasteiger partial charge in [0.2, 0.25) is 15.8 Å². The zero-order valence-corrected chi connectivity index (χ0v) is 15.0. The average molecular weight is 394 g/mol. The molecular weight excluding hydrogens is 377 g/mol. The van der Waals surface area contributed by atoms with Crippen LogP contribution in [0.4, 0.5) is 13.2 Å². The molecule has 144 valence electrons. The molecule has 2 rings (SSSR count). The Morgan fingerprint density at radius 3 is 2.50 bits per heavy atom. The molecule has 0 aliphatic carbocycles. The van der Waals surface area contributed by atoms with Crippen LogP contribution in [0.15, 0.2) is 27.9 Å². The van der Waals surface area contributed by atoms with E-state index in [9.17, 15) is 26.4 Å². The number of aromatic nitrogens is 3. The summed E-state index contributed by atoms with van der Waals surface area (Å²) in [6.07, 6.45) is -4.78. The van der Waals surface area contributed by atoms with Crippen molar-refractivity contribution < 1.29 is 26.3 Å². The lowest BCUT2D eigenvalue weighted by molar-refractivity contribution is -0.147. The summed E-state index contributed by atoms with van der Waals surface area (Å²) in [5.74, 6) is -1.23. The second-order valence-corrected chi connectivity index (χ2v) is 7.17. The first kappa shape index (κ1) is 20.0. The Labute approximate surface area is 147 Å². The maximum absolute atomic E-state index is 12.7. The minimum Gasteiger partial charge on any atom is -0.495 e. The lowest BCUT2D eigenvalue weighted by Crippen LogP contribution is -2.32. The molecule has 0 aliphatic heterocycles. The standard InChI is InChI=1S/C14H17F3N4O4S/c1-9-4-5-10(25-3)11(8-9)26(23,24)18-6-7-21-13(22)20(2)12(19-21)14(15,16)17/h4-5,8,18H,6-7H2,1-3H3. The highest BCUT2D eigenvalue weighted by atomic mass is 32.2. The van der Waals surface area contributed by atoms with Crippen LogP contribution in [0.1, 0.15) is 11.4 Å². The zero-order chi connectivity index (χ0) is 19.7. The van der Waals surface area contributed by atoms with Crippen molar-refractivity contribution in [1.82, 2.24) is 19.1 Å². The fraction of sp³-hybridized carbons (Fsp3) is 0.429. The van der Waals surface area contributed by atoms with Crippen LogP contribution < -0.4 is 15.1 Å². The van der Waals surface area contributed by atoms with E-state index < -0.39 is 27.7 Å². The van der Waals surface area contributed by atoms with E-state index in [1.54, 1.807) is 13.0 Å². The van der Waals surface area contributed by atoms with E-state index in [4.69, 9.17) is 4.74 Å². The number of alkyl halides is 3. The number of nitrogens with one attached hydrogen (secondary N) is 1. The van der Waals surface area contributed by atoms with Crippen molar-refractivity contribution in [2.45, 2.75) is 24.5 Å². The number of rotatable bonds is 6. The molecule has 1 aromatic carbocycles. The molecule has 0 amide bonds. The molecule has 1 heterocycles. The largest absolute Gasteiger partial charge is 0.495 e. The second kappa shape index (κ2) is 7.11. The summed E-state index contributed by atoms with van der Waals surface area (Å²) in [4.78, 5) is 11.7. The van der Waals surface area contributed by atoms with E-state index in [2.05, 4.69) is 9.82 Å². The summed E-state index contributed by atoms with van der Waals surface area (Å²) in [5, 5.41) is 3.20. The van der Waals surface area contributed by atoms with Gasteiger partial charge in [0.25, 0.3) is 0 Å². The van der Waals surface area contributed by atoms with Crippen LogP contribution in [0.2, 0.25) is 0 Å². The van der Waals surface area contributed by atoms with Gasteiger partial charge in [-0.15, -0.1) is 5.10 Å². The Bertz CT molecular complexity index is 964. The first-order valence-electron chi connectivity index (χ1n) is 7.32. The number of hydrogen-bond acceptors (Lipinski definition) is 5. The maximum atomic E-state index is 12.7. The Balaban J connectivity index is 2.18. The van der Waals surface area contributed by atoms with Gasteiger partial charge in [0.1, 0.15) is 10.6 Å². The third-order valence-corrected chi connectivity index (χ3v) is 5.00. The van der Waals surface area contributed by atoms with Crippen molar-refractivity contribution in [3.8, 4) is 5.75 Å². The van der Waals surface area contributed by atoms with Crippen molar-refractivity contribution in [2.75, 3.05) is 13.7 Å².